The minimum Gasteiger partial charge on any atom is -0.330 e. The number of hydrogen-bond donors (Lipinski definition) is 2. The molecule has 0 radical (unpaired) electrons. The van der Waals surface area contributed by atoms with Crippen LogP contribution in [-0.4, -0.2) is 19.6 Å². The van der Waals surface area contributed by atoms with Crippen molar-refractivity contribution in [3.63, 3.8) is 0 Å². The van der Waals surface area contributed by atoms with Gasteiger partial charge in [0.1, 0.15) is 0 Å². The minimum atomic E-state index is 0.423. The first-order valence-electron chi connectivity index (χ1n) is 5.74. The Morgan fingerprint density at radius 2 is 1.77 bits per heavy atom. The van der Waals surface area contributed by atoms with Crippen molar-refractivity contribution in [1.82, 2.24) is 5.32 Å². The summed E-state index contributed by atoms with van der Waals surface area (Å²) in [6.45, 7) is 5.22. The van der Waals surface area contributed by atoms with E-state index in [9.17, 15) is 0 Å². The van der Waals surface area contributed by atoms with Crippen molar-refractivity contribution in [2.75, 3.05) is 19.6 Å². The summed E-state index contributed by atoms with van der Waals surface area (Å²) in [6.07, 6.45) is 8.24. The van der Waals surface area contributed by atoms with Crippen LogP contribution in [0, 0.1) is 5.41 Å². The lowest BCUT2D eigenvalue weighted by Gasteiger charge is -2.31. The molecular formula is C11H24N2. The molecule has 78 valence electrons. The fourth-order valence-electron chi connectivity index (χ4n) is 2.32. The van der Waals surface area contributed by atoms with E-state index in [1.807, 2.05) is 0 Å². The summed E-state index contributed by atoms with van der Waals surface area (Å²) >= 11 is 0. The Morgan fingerprint density at radius 3 is 2.23 bits per heavy atom. The lowest BCUT2D eigenvalue weighted by atomic mass is 9.80. The zero-order chi connectivity index (χ0) is 9.57. The van der Waals surface area contributed by atoms with Gasteiger partial charge in [-0.25, -0.2) is 0 Å². The second-order valence-electron chi connectivity index (χ2n) is 4.40. The van der Waals surface area contributed by atoms with E-state index >= 15 is 0 Å². The molecule has 2 heteroatoms. The highest BCUT2D eigenvalue weighted by molar-refractivity contribution is 4.84. The van der Waals surface area contributed by atoms with Gasteiger partial charge in [0.15, 0.2) is 0 Å². The lowest BCUT2D eigenvalue weighted by molar-refractivity contribution is 0.244. The Kier molecular flexibility index (Phi) is 4.74. The Labute approximate surface area is 82.3 Å². The highest BCUT2D eigenvalue weighted by Gasteiger charge is 2.28. The normalized spacial score (nSPS) is 22.6. The topological polar surface area (TPSA) is 38.0 Å². The van der Waals surface area contributed by atoms with Gasteiger partial charge in [-0.1, -0.05) is 32.6 Å². The third kappa shape index (κ3) is 3.28. The van der Waals surface area contributed by atoms with Crippen LogP contribution in [0.2, 0.25) is 0 Å². The second-order valence-corrected chi connectivity index (χ2v) is 4.40. The van der Waals surface area contributed by atoms with Crippen molar-refractivity contribution in [1.29, 1.82) is 0 Å². The quantitative estimate of drug-likeness (QED) is 0.655. The molecule has 1 aliphatic rings. The van der Waals surface area contributed by atoms with Gasteiger partial charge in [-0.15, -0.1) is 0 Å². The van der Waals surface area contributed by atoms with Crippen LogP contribution in [0.3, 0.4) is 0 Å². The van der Waals surface area contributed by atoms with Crippen molar-refractivity contribution >= 4 is 0 Å². The summed E-state index contributed by atoms with van der Waals surface area (Å²) in [5, 5.41) is 3.46. The smallest absolute Gasteiger partial charge is 0.00198 e. The Balaban J connectivity index is 2.43. The molecule has 1 rings (SSSR count). The molecule has 0 aromatic heterocycles. The molecule has 3 N–H and O–H groups in total. The van der Waals surface area contributed by atoms with Gasteiger partial charge in [-0.05, 0) is 31.3 Å². The van der Waals surface area contributed by atoms with Crippen LogP contribution in [0.1, 0.15) is 45.4 Å². The summed E-state index contributed by atoms with van der Waals surface area (Å²) in [6, 6.07) is 0. The highest BCUT2D eigenvalue weighted by Crippen LogP contribution is 2.33. The first kappa shape index (κ1) is 11.0. The molecule has 1 aliphatic carbocycles. The second kappa shape index (κ2) is 5.61. The molecule has 0 amide bonds. The molecule has 1 fully saturated rings. The molecule has 1 saturated carbocycles. The fourth-order valence-corrected chi connectivity index (χ4v) is 2.32. The van der Waals surface area contributed by atoms with Crippen molar-refractivity contribution in [3.8, 4) is 0 Å². The fraction of sp³-hybridized carbons (Fsp3) is 1.00. The van der Waals surface area contributed by atoms with Gasteiger partial charge in [0.25, 0.3) is 0 Å². The summed E-state index contributed by atoms with van der Waals surface area (Å²) in [5.74, 6) is 0. The SMILES string of the molecule is CCNCC1(CN)CCCCCC1. The van der Waals surface area contributed by atoms with Gasteiger partial charge in [-0.3, -0.25) is 0 Å². The van der Waals surface area contributed by atoms with Gasteiger partial charge < -0.3 is 11.1 Å². The summed E-state index contributed by atoms with van der Waals surface area (Å²) < 4.78 is 0. The molecule has 0 atom stereocenters. The molecular weight excluding hydrogens is 160 g/mol. The molecule has 0 saturated heterocycles. The first-order valence-corrected chi connectivity index (χ1v) is 5.74. The Morgan fingerprint density at radius 1 is 1.15 bits per heavy atom. The zero-order valence-corrected chi connectivity index (χ0v) is 8.94. The maximum atomic E-state index is 5.91. The van der Waals surface area contributed by atoms with Crippen LogP contribution < -0.4 is 11.1 Å². The van der Waals surface area contributed by atoms with Crippen LogP contribution in [0.5, 0.6) is 0 Å². The molecule has 0 bridgehead atoms. The van der Waals surface area contributed by atoms with Crippen LogP contribution in [0.4, 0.5) is 0 Å². The molecule has 0 heterocycles. The van der Waals surface area contributed by atoms with E-state index in [0.717, 1.165) is 19.6 Å². The molecule has 0 unspecified atom stereocenters. The maximum absolute atomic E-state index is 5.91. The molecule has 0 aliphatic heterocycles. The van der Waals surface area contributed by atoms with Gasteiger partial charge in [0.2, 0.25) is 0 Å². The van der Waals surface area contributed by atoms with Gasteiger partial charge in [0.05, 0.1) is 0 Å². The Hall–Kier alpha value is -0.0800. The van der Waals surface area contributed by atoms with E-state index < -0.39 is 0 Å². The van der Waals surface area contributed by atoms with Gasteiger partial charge >= 0.3 is 0 Å². The third-order valence-corrected chi connectivity index (χ3v) is 3.35. The van der Waals surface area contributed by atoms with E-state index in [2.05, 4.69) is 12.2 Å². The summed E-state index contributed by atoms with van der Waals surface area (Å²) in [4.78, 5) is 0. The van der Waals surface area contributed by atoms with Crippen molar-refractivity contribution in [3.05, 3.63) is 0 Å². The average molecular weight is 184 g/mol. The molecule has 2 nitrogen and oxygen atoms in total. The highest BCUT2D eigenvalue weighted by atomic mass is 14.9. The molecule has 0 spiro atoms. The van der Waals surface area contributed by atoms with Crippen LogP contribution in [-0.2, 0) is 0 Å². The van der Waals surface area contributed by atoms with Crippen LogP contribution >= 0.6 is 0 Å². The summed E-state index contributed by atoms with van der Waals surface area (Å²) in [7, 11) is 0. The number of hydrogen-bond acceptors (Lipinski definition) is 2. The van der Waals surface area contributed by atoms with E-state index in [1.54, 1.807) is 0 Å². The summed E-state index contributed by atoms with van der Waals surface area (Å²) in [5.41, 5.74) is 6.33. The van der Waals surface area contributed by atoms with Crippen molar-refractivity contribution < 1.29 is 0 Å². The van der Waals surface area contributed by atoms with Crippen molar-refractivity contribution in [2.45, 2.75) is 45.4 Å². The maximum Gasteiger partial charge on any atom is 0.00198 e. The average Bonchev–Trinajstić information content (AvgIpc) is 2.41. The number of nitrogens with one attached hydrogen (secondary N) is 1. The van der Waals surface area contributed by atoms with E-state index in [-0.39, 0.29) is 0 Å². The standard InChI is InChI=1S/C11H24N2/c1-2-13-10-11(9-12)7-5-3-4-6-8-11/h13H,2-10,12H2,1H3. The number of rotatable bonds is 4. The van der Waals surface area contributed by atoms with Crippen LogP contribution in [0.25, 0.3) is 0 Å². The van der Waals surface area contributed by atoms with Crippen LogP contribution in [0.15, 0.2) is 0 Å². The van der Waals surface area contributed by atoms with E-state index in [1.165, 1.54) is 38.5 Å². The van der Waals surface area contributed by atoms with E-state index in [0.29, 0.717) is 5.41 Å². The van der Waals surface area contributed by atoms with Gasteiger partial charge in [-0.2, -0.15) is 0 Å². The molecule has 0 aromatic rings. The van der Waals surface area contributed by atoms with Gasteiger partial charge in [0, 0.05) is 6.54 Å². The lowest BCUT2D eigenvalue weighted by Crippen LogP contribution is -2.40. The third-order valence-electron chi connectivity index (χ3n) is 3.35. The zero-order valence-electron chi connectivity index (χ0n) is 8.94. The minimum absolute atomic E-state index is 0.423. The monoisotopic (exact) mass is 184 g/mol. The predicted octanol–water partition coefficient (Wildman–Crippen LogP) is 1.90. The number of nitrogens with two attached hydrogens (primary N) is 1. The van der Waals surface area contributed by atoms with Crippen molar-refractivity contribution in [2.24, 2.45) is 11.1 Å². The predicted molar refractivity (Wildman–Crippen MR) is 57.7 cm³/mol. The molecule has 13 heavy (non-hydrogen) atoms. The molecule has 0 aromatic carbocycles. The largest absolute Gasteiger partial charge is 0.330 e. The first-order chi connectivity index (χ1) is 6.33. The van der Waals surface area contributed by atoms with E-state index in [4.69, 9.17) is 5.73 Å². The Bertz CT molecular complexity index is 126.